The van der Waals surface area contributed by atoms with Crippen molar-refractivity contribution in [2.24, 2.45) is 0 Å². The number of carbonyl (C=O) groups is 2. The smallest absolute Gasteiger partial charge is 0.346 e. The molecule has 0 unspecified atom stereocenters. The number of carbonyl (C=O) groups excluding carboxylic acids is 2. The Morgan fingerprint density at radius 3 is 2.11 bits per heavy atom. The van der Waals surface area contributed by atoms with Crippen LogP contribution >= 0.6 is 0 Å². The standard InChI is InChI=1S/C28H23F3N4O2/c29-28(30,31)20-12-14-21(15-13-20)35-27(37)34-17-19-7-1-2-9-23(19)24-10-3-4-11-25(24)26(36)33-18-22-8-5-6-16-32-22/h1-16H,17-18H2,(H,33,36)(H2,34,35,37). The van der Waals surface area contributed by atoms with E-state index < -0.39 is 17.8 Å². The number of urea groups is 1. The molecule has 3 amide bonds. The van der Waals surface area contributed by atoms with Crippen LogP contribution in [-0.2, 0) is 19.3 Å². The highest BCUT2D eigenvalue weighted by molar-refractivity contribution is 6.01. The van der Waals surface area contributed by atoms with Crippen molar-refractivity contribution in [3.05, 3.63) is 120 Å². The second-order valence-corrected chi connectivity index (χ2v) is 8.09. The maximum atomic E-state index is 13.0. The lowest BCUT2D eigenvalue weighted by atomic mass is 9.95. The number of nitrogens with one attached hydrogen (secondary N) is 3. The molecule has 37 heavy (non-hydrogen) atoms. The Hall–Kier alpha value is -4.66. The first kappa shape index (κ1) is 25.4. The molecule has 4 rings (SSSR count). The quantitative estimate of drug-likeness (QED) is 0.288. The van der Waals surface area contributed by atoms with Gasteiger partial charge >= 0.3 is 12.2 Å². The van der Waals surface area contributed by atoms with E-state index in [0.717, 1.165) is 29.0 Å². The van der Waals surface area contributed by atoms with Gasteiger partial charge in [0, 0.05) is 24.0 Å². The van der Waals surface area contributed by atoms with E-state index >= 15 is 0 Å². The van der Waals surface area contributed by atoms with E-state index in [9.17, 15) is 22.8 Å². The predicted octanol–water partition coefficient (Wildman–Crippen LogP) is 6.02. The van der Waals surface area contributed by atoms with Crippen LogP contribution < -0.4 is 16.0 Å². The molecule has 0 saturated heterocycles. The summed E-state index contributed by atoms with van der Waals surface area (Å²) in [6.07, 6.45) is -2.79. The number of hydrogen-bond acceptors (Lipinski definition) is 3. The van der Waals surface area contributed by atoms with Crippen molar-refractivity contribution < 1.29 is 22.8 Å². The summed E-state index contributed by atoms with van der Waals surface area (Å²) in [7, 11) is 0. The van der Waals surface area contributed by atoms with Crippen molar-refractivity contribution in [3.8, 4) is 11.1 Å². The Morgan fingerprint density at radius 1 is 0.730 bits per heavy atom. The summed E-state index contributed by atoms with van der Waals surface area (Å²) in [5.74, 6) is -0.260. The second kappa shape index (κ2) is 11.4. The summed E-state index contributed by atoms with van der Waals surface area (Å²) in [6, 6.07) is 23.6. The lowest BCUT2D eigenvalue weighted by molar-refractivity contribution is -0.137. The Kier molecular flexibility index (Phi) is 7.83. The van der Waals surface area contributed by atoms with E-state index in [1.165, 1.54) is 12.1 Å². The predicted molar refractivity (Wildman–Crippen MR) is 135 cm³/mol. The molecule has 0 aliphatic heterocycles. The van der Waals surface area contributed by atoms with E-state index in [0.29, 0.717) is 11.1 Å². The van der Waals surface area contributed by atoms with Gasteiger partial charge < -0.3 is 16.0 Å². The molecule has 3 aromatic carbocycles. The van der Waals surface area contributed by atoms with Crippen LogP contribution in [0.5, 0.6) is 0 Å². The van der Waals surface area contributed by atoms with Gasteiger partial charge in [0.2, 0.25) is 0 Å². The number of amides is 3. The van der Waals surface area contributed by atoms with Gasteiger partial charge in [-0.15, -0.1) is 0 Å². The van der Waals surface area contributed by atoms with Crippen molar-refractivity contribution >= 4 is 17.6 Å². The summed E-state index contributed by atoms with van der Waals surface area (Å²) in [5, 5.41) is 8.13. The first-order chi connectivity index (χ1) is 17.8. The number of rotatable bonds is 7. The van der Waals surface area contributed by atoms with Crippen molar-refractivity contribution in [3.63, 3.8) is 0 Å². The van der Waals surface area contributed by atoms with E-state index in [-0.39, 0.29) is 24.7 Å². The highest BCUT2D eigenvalue weighted by Gasteiger charge is 2.30. The first-order valence-electron chi connectivity index (χ1n) is 11.4. The van der Waals surface area contributed by atoms with Crippen molar-refractivity contribution in [2.75, 3.05) is 5.32 Å². The summed E-state index contributed by atoms with van der Waals surface area (Å²) in [6.45, 7) is 0.411. The monoisotopic (exact) mass is 504 g/mol. The molecule has 4 aromatic rings. The van der Waals surface area contributed by atoms with Crippen LogP contribution in [0.2, 0.25) is 0 Å². The fourth-order valence-corrected chi connectivity index (χ4v) is 3.72. The van der Waals surface area contributed by atoms with Crippen LogP contribution in [0.15, 0.2) is 97.2 Å². The number of pyridine rings is 1. The molecule has 0 aliphatic carbocycles. The van der Waals surface area contributed by atoms with Gasteiger partial charge in [-0.2, -0.15) is 13.2 Å². The molecule has 0 saturated carbocycles. The SMILES string of the molecule is O=C(NCc1ccccc1-c1ccccc1C(=O)NCc1ccccn1)Nc1ccc(C(F)(F)F)cc1. The highest BCUT2D eigenvalue weighted by atomic mass is 19.4. The van der Waals surface area contributed by atoms with Gasteiger partial charge in [0.05, 0.1) is 17.8 Å². The van der Waals surface area contributed by atoms with Gasteiger partial charge in [0.1, 0.15) is 0 Å². The summed E-state index contributed by atoms with van der Waals surface area (Å²) in [4.78, 5) is 29.6. The normalized spacial score (nSPS) is 11.0. The Labute approximate surface area is 211 Å². The van der Waals surface area contributed by atoms with E-state index in [4.69, 9.17) is 0 Å². The minimum atomic E-state index is -4.45. The summed E-state index contributed by atoms with van der Waals surface area (Å²) in [5.41, 5.74) is 2.86. The number of aromatic nitrogens is 1. The van der Waals surface area contributed by atoms with Gasteiger partial charge in [-0.3, -0.25) is 9.78 Å². The Morgan fingerprint density at radius 2 is 1.41 bits per heavy atom. The van der Waals surface area contributed by atoms with Gasteiger partial charge in [0.25, 0.3) is 5.91 Å². The van der Waals surface area contributed by atoms with Gasteiger partial charge in [-0.1, -0.05) is 48.5 Å². The zero-order chi connectivity index (χ0) is 26.3. The zero-order valence-electron chi connectivity index (χ0n) is 19.5. The van der Waals surface area contributed by atoms with Crippen LogP contribution in [0.3, 0.4) is 0 Å². The minimum Gasteiger partial charge on any atom is -0.346 e. The molecule has 0 atom stereocenters. The highest BCUT2D eigenvalue weighted by Crippen LogP contribution is 2.30. The maximum absolute atomic E-state index is 13.0. The van der Waals surface area contributed by atoms with Crippen LogP contribution in [0.4, 0.5) is 23.7 Å². The Balaban J connectivity index is 1.45. The number of halogens is 3. The number of hydrogen-bond donors (Lipinski definition) is 3. The topological polar surface area (TPSA) is 83.1 Å². The summed E-state index contributed by atoms with van der Waals surface area (Å²) < 4.78 is 38.2. The molecular formula is C28H23F3N4O2. The van der Waals surface area contributed by atoms with Gasteiger partial charge in [0.15, 0.2) is 0 Å². The second-order valence-electron chi connectivity index (χ2n) is 8.09. The lowest BCUT2D eigenvalue weighted by Gasteiger charge is -2.15. The van der Waals surface area contributed by atoms with Crippen LogP contribution in [-0.4, -0.2) is 16.9 Å². The fourth-order valence-electron chi connectivity index (χ4n) is 3.72. The van der Waals surface area contributed by atoms with Gasteiger partial charge in [-0.25, -0.2) is 4.79 Å². The maximum Gasteiger partial charge on any atom is 0.416 e. The molecule has 6 nitrogen and oxygen atoms in total. The third kappa shape index (κ3) is 6.72. The third-order valence-electron chi connectivity index (χ3n) is 5.54. The molecule has 1 aromatic heterocycles. The molecule has 1 heterocycles. The lowest BCUT2D eigenvalue weighted by Crippen LogP contribution is -2.28. The Bertz CT molecular complexity index is 1370. The molecule has 188 valence electrons. The van der Waals surface area contributed by atoms with Gasteiger partial charge in [-0.05, 0) is 59.2 Å². The number of benzene rings is 3. The van der Waals surface area contributed by atoms with E-state index in [1.807, 2.05) is 48.5 Å². The number of anilines is 1. The molecule has 9 heteroatoms. The number of alkyl halides is 3. The summed E-state index contributed by atoms with van der Waals surface area (Å²) >= 11 is 0. The average Bonchev–Trinajstić information content (AvgIpc) is 2.91. The van der Waals surface area contributed by atoms with Crippen molar-refractivity contribution in [2.45, 2.75) is 19.3 Å². The van der Waals surface area contributed by atoms with Crippen LogP contribution in [0.1, 0.15) is 27.2 Å². The molecule has 0 radical (unpaired) electrons. The number of nitrogens with zero attached hydrogens (tertiary/aromatic N) is 1. The van der Waals surface area contributed by atoms with Crippen molar-refractivity contribution in [1.82, 2.24) is 15.6 Å². The van der Waals surface area contributed by atoms with Crippen LogP contribution in [0, 0.1) is 0 Å². The average molecular weight is 505 g/mol. The van der Waals surface area contributed by atoms with Crippen molar-refractivity contribution in [1.29, 1.82) is 0 Å². The third-order valence-corrected chi connectivity index (χ3v) is 5.54. The van der Waals surface area contributed by atoms with E-state index in [2.05, 4.69) is 20.9 Å². The minimum absolute atomic E-state index is 0.131. The zero-order valence-corrected chi connectivity index (χ0v) is 19.5. The first-order valence-corrected chi connectivity index (χ1v) is 11.4. The molecule has 0 aliphatic rings. The molecular weight excluding hydrogens is 481 g/mol. The largest absolute Gasteiger partial charge is 0.416 e. The molecule has 0 bridgehead atoms. The fraction of sp³-hybridized carbons (Fsp3) is 0.107. The molecule has 0 spiro atoms. The van der Waals surface area contributed by atoms with Crippen LogP contribution in [0.25, 0.3) is 11.1 Å². The molecule has 3 N–H and O–H groups in total. The molecule has 0 fully saturated rings. The van der Waals surface area contributed by atoms with E-state index in [1.54, 1.807) is 24.4 Å².